The van der Waals surface area contributed by atoms with E-state index in [2.05, 4.69) is 20.9 Å². The van der Waals surface area contributed by atoms with Crippen molar-refractivity contribution >= 4 is 44.5 Å². The fourth-order valence-electron chi connectivity index (χ4n) is 1.92. The second kappa shape index (κ2) is 5.33. The number of hydrogen-bond donors (Lipinski definition) is 1. The molecule has 1 aromatic carbocycles. The molecule has 4 nitrogen and oxygen atoms in total. The first-order chi connectivity index (χ1) is 9.26. The summed E-state index contributed by atoms with van der Waals surface area (Å²) in [5, 5.41) is 0. The highest BCUT2D eigenvalue weighted by Gasteiger charge is 2.27. The Kier molecular flexibility index (Phi) is 4.07. The van der Waals surface area contributed by atoms with E-state index in [1.54, 1.807) is 24.5 Å². The third-order valence-corrected chi connectivity index (χ3v) is 4.06. The average molecular weight is 363 g/mol. The molecule has 0 unspecified atom stereocenters. The van der Waals surface area contributed by atoms with Gasteiger partial charge in [-0.25, -0.2) is 9.37 Å². The minimum atomic E-state index is -0.780. The fraction of sp³-hybridized carbons (Fsp3) is 0.385. The highest BCUT2D eigenvalue weighted by Crippen LogP contribution is 2.28. The van der Waals surface area contributed by atoms with Gasteiger partial charge in [0.05, 0.1) is 26.8 Å². The lowest BCUT2D eigenvalue weighted by atomic mass is 9.92. The highest BCUT2D eigenvalue weighted by atomic mass is 79.9. The van der Waals surface area contributed by atoms with Crippen LogP contribution in [-0.2, 0) is 17.2 Å². The van der Waals surface area contributed by atoms with Gasteiger partial charge in [-0.15, -0.1) is 11.6 Å². The number of hydrogen-bond acceptors (Lipinski definition) is 2. The smallest absolute Gasteiger partial charge is 0.224 e. The molecule has 0 saturated carbocycles. The van der Waals surface area contributed by atoms with Gasteiger partial charge in [-0.1, -0.05) is 0 Å². The molecule has 108 valence electrons. The quantitative estimate of drug-likeness (QED) is 0.849. The topological polar surface area (TPSA) is 60.9 Å². The van der Waals surface area contributed by atoms with Gasteiger partial charge in [0.2, 0.25) is 5.91 Å². The molecule has 0 bridgehead atoms. The zero-order chi connectivity index (χ0) is 15.1. The SMILES string of the molecule is CC(C)(Cn1c(CCl)nc2cc(Br)c(F)cc21)C(N)=O. The van der Waals surface area contributed by atoms with Gasteiger partial charge in [0.25, 0.3) is 0 Å². The largest absolute Gasteiger partial charge is 0.369 e. The van der Waals surface area contributed by atoms with Gasteiger partial charge in [0, 0.05) is 12.6 Å². The van der Waals surface area contributed by atoms with Gasteiger partial charge in [0.1, 0.15) is 11.6 Å². The minimum Gasteiger partial charge on any atom is -0.369 e. The number of primary amides is 1. The molecule has 0 radical (unpaired) electrons. The molecule has 0 saturated heterocycles. The Labute approximate surface area is 129 Å². The van der Waals surface area contributed by atoms with Crippen LogP contribution in [0.4, 0.5) is 4.39 Å². The van der Waals surface area contributed by atoms with Crippen LogP contribution in [0.3, 0.4) is 0 Å². The van der Waals surface area contributed by atoms with E-state index in [1.165, 1.54) is 6.07 Å². The zero-order valence-corrected chi connectivity index (χ0v) is 13.4. The first-order valence-corrected chi connectivity index (χ1v) is 7.29. The second-order valence-corrected chi connectivity index (χ2v) is 6.37. The van der Waals surface area contributed by atoms with E-state index < -0.39 is 17.1 Å². The molecule has 7 heteroatoms. The summed E-state index contributed by atoms with van der Waals surface area (Å²) >= 11 is 9.01. The van der Waals surface area contributed by atoms with Gasteiger partial charge >= 0.3 is 0 Å². The number of carbonyl (C=O) groups excluding carboxylic acids is 1. The van der Waals surface area contributed by atoms with Crippen molar-refractivity contribution in [1.29, 1.82) is 0 Å². The molecule has 1 heterocycles. The number of imidazole rings is 1. The van der Waals surface area contributed by atoms with Crippen molar-refractivity contribution in [3.8, 4) is 0 Å². The number of carbonyl (C=O) groups is 1. The van der Waals surface area contributed by atoms with Crippen LogP contribution >= 0.6 is 27.5 Å². The van der Waals surface area contributed by atoms with Gasteiger partial charge in [-0.05, 0) is 35.8 Å². The number of nitrogens with two attached hydrogens (primary N) is 1. The maximum Gasteiger partial charge on any atom is 0.224 e. The molecular formula is C13H14BrClFN3O. The molecule has 2 rings (SSSR count). The van der Waals surface area contributed by atoms with Crippen LogP contribution in [0.15, 0.2) is 16.6 Å². The van der Waals surface area contributed by atoms with Crippen LogP contribution in [0.5, 0.6) is 0 Å². The summed E-state index contributed by atoms with van der Waals surface area (Å²) in [7, 11) is 0. The molecule has 0 aliphatic rings. The summed E-state index contributed by atoms with van der Waals surface area (Å²) in [6.45, 7) is 3.75. The third kappa shape index (κ3) is 2.67. The molecule has 0 fully saturated rings. The number of nitrogens with zero attached hydrogens (tertiary/aromatic N) is 2. The van der Waals surface area contributed by atoms with Crippen molar-refractivity contribution in [1.82, 2.24) is 9.55 Å². The lowest BCUT2D eigenvalue weighted by Gasteiger charge is -2.22. The Bertz CT molecular complexity index is 684. The van der Waals surface area contributed by atoms with Crippen LogP contribution in [0, 0.1) is 11.2 Å². The number of rotatable bonds is 4. The predicted molar refractivity (Wildman–Crippen MR) is 79.9 cm³/mol. The lowest BCUT2D eigenvalue weighted by Crippen LogP contribution is -2.35. The maximum atomic E-state index is 13.7. The predicted octanol–water partition coefficient (Wildman–Crippen LogP) is 3.19. The summed E-state index contributed by atoms with van der Waals surface area (Å²) in [4.78, 5) is 15.8. The third-order valence-electron chi connectivity index (χ3n) is 3.21. The second-order valence-electron chi connectivity index (χ2n) is 5.25. The Morgan fingerprint density at radius 1 is 1.55 bits per heavy atom. The van der Waals surface area contributed by atoms with Gasteiger partial charge < -0.3 is 10.3 Å². The zero-order valence-electron chi connectivity index (χ0n) is 11.1. The normalized spacial score (nSPS) is 12.1. The lowest BCUT2D eigenvalue weighted by molar-refractivity contribution is -0.126. The first kappa shape index (κ1) is 15.3. The summed E-state index contributed by atoms with van der Waals surface area (Å²) < 4.78 is 15.8. The van der Waals surface area contributed by atoms with Crippen LogP contribution in [0.2, 0.25) is 0 Å². The summed E-state index contributed by atoms with van der Waals surface area (Å²) in [6, 6.07) is 2.97. The molecule has 2 aromatic rings. The number of halogens is 3. The van der Waals surface area contributed by atoms with Gasteiger partial charge in [0.15, 0.2) is 0 Å². The molecule has 20 heavy (non-hydrogen) atoms. The molecular weight excluding hydrogens is 349 g/mol. The molecule has 0 spiro atoms. The van der Waals surface area contributed by atoms with Crippen molar-refractivity contribution in [2.24, 2.45) is 11.1 Å². The monoisotopic (exact) mass is 361 g/mol. The molecule has 0 atom stereocenters. The van der Waals surface area contributed by atoms with Gasteiger partial charge in [-0.2, -0.15) is 0 Å². The standard InChI is InChI=1S/C13H14BrClFN3O/c1-13(2,12(17)20)6-19-10-4-8(16)7(14)3-9(10)18-11(19)5-15/h3-4H,5-6H2,1-2H3,(H2,17,20). The minimum absolute atomic E-state index is 0.169. The molecule has 1 aromatic heterocycles. The Morgan fingerprint density at radius 3 is 2.75 bits per heavy atom. The van der Waals surface area contributed by atoms with E-state index in [0.717, 1.165) is 0 Å². The molecule has 0 aliphatic heterocycles. The number of fused-ring (bicyclic) bond motifs is 1. The Morgan fingerprint density at radius 2 is 2.20 bits per heavy atom. The van der Waals surface area contributed by atoms with Crippen LogP contribution in [0.25, 0.3) is 11.0 Å². The maximum absolute atomic E-state index is 13.7. The van der Waals surface area contributed by atoms with Gasteiger partial charge in [-0.3, -0.25) is 4.79 Å². The van der Waals surface area contributed by atoms with Crippen molar-refractivity contribution in [3.05, 3.63) is 28.2 Å². The summed E-state index contributed by atoms with van der Waals surface area (Å²) in [5.41, 5.74) is 5.82. The van der Waals surface area contributed by atoms with E-state index in [4.69, 9.17) is 17.3 Å². The summed E-state index contributed by atoms with van der Waals surface area (Å²) in [5.74, 6) is -0.0782. The number of amides is 1. The van der Waals surface area contributed by atoms with E-state index in [1.807, 2.05) is 0 Å². The van der Waals surface area contributed by atoms with Crippen LogP contribution in [-0.4, -0.2) is 15.5 Å². The Hall–Kier alpha value is -1.14. The Balaban J connectivity index is 2.61. The van der Waals surface area contributed by atoms with Crippen LogP contribution in [0.1, 0.15) is 19.7 Å². The highest BCUT2D eigenvalue weighted by molar-refractivity contribution is 9.10. The fourth-order valence-corrected chi connectivity index (χ4v) is 2.46. The number of aromatic nitrogens is 2. The summed E-state index contributed by atoms with van der Waals surface area (Å²) in [6.07, 6.45) is 0. The number of alkyl halides is 1. The van der Waals surface area contributed by atoms with Crippen molar-refractivity contribution in [2.75, 3.05) is 0 Å². The van der Waals surface area contributed by atoms with Crippen molar-refractivity contribution in [3.63, 3.8) is 0 Å². The van der Waals surface area contributed by atoms with E-state index in [0.29, 0.717) is 27.9 Å². The van der Waals surface area contributed by atoms with E-state index in [9.17, 15) is 9.18 Å². The molecule has 0 aliphatic carbocycles. The molecule has 1 amide bonds. The molecule has 2 N–H and O–H groups in total. The van der Waals surface area contributed by atoms with Crippen LogP contribution < -0.4 is 5.73 Å². The van der Waals surface area contributed by atoms with E-state index in [-0.39, 0.29) is 5.88 Å². The number of benzene rings is 1. The van der Waals surface area contributed by atoms with Crippen molar-refractivity contribution in [2.45, 2.75) is 26.3 Å². The first-order valence-electron chi connectivity index (χ1n) is 5.96. The van der Waals surface area contributed by atoms with Crippen molar-refractivity contribution < 1.29 is 9.18 Å². The average Bonchev–Trinajstić information content (AvgIpc) is 2.67. The van der Waals surface area contributed by atoms with E-state index >= 15 is 0 Å².